The summed E-state index contributed by atoms with van der Waals surface area (Å²) in [5, 5.41) is 0. The van der Waals surface area contributed by atoms with E-state index in [-0.39, 0.29) is 5.56 Å². The van der Waals surface area contributed by atoms with Crippen molar-refractivity contribution in [3.05, 3.63) is 24.6 Å². The van der Waals surface area contributed by atoms with Crippen molar-refractivity contribution >= 4 is 51.5 Å². The van der Waals surface area contributed by atoms with Gasteiger partial charge in [0.2, 0.25) is 0 Å². The van der Waals surface area contributed by atoms with Gasteiger partial charge >= 0.3 is 0 Å². The molecule has 13 heavy (non-hydrogen) atoms. The zero-order valence-electron chi connectivity index (χ0n) is 6.10. The van der Waals surface area contributed by atoms with Crippen LogP contribution in [0.15, 0.2) is 6.07 Å². The molecule has 0 spiro atoms. The molecule has 1 heterocycles. The van der Waals surface area contributed by atoms with Crippen molar-refractivity contribution in [2.75, 3.05) is 0 Å². The molecule has 2 nitrogen and oxygen atoms in total. The monoisotopic (exact) mass is 409 g/mol. The molecule has 0 aliphatic carbocycles. The van der Waals surface area contributed by atoms with E-state index >= 15 is 0 Å². The summed E-state index contributed by atoms with van der Waals surface area (Å²) in [7, 11) is 0. The Balaban J connectivity index is 3.32. The third-order valence-corrected chi connectivity index (χ3v) is 4.00. The Labute approximate surface area is 100 Å². The number of nitrogens with zero attached hydrogens (tertiary/aromatic N) is 1. The molecule has 0 aromatic carbocycles. The Morgan fingerprint density at radius 2 is 2.08 bits per heavy atom. The first-order valence-corrected chi connectivity index (χ1v) is 5.31. The van der Waals surface area contributed by atoms with Gasteiger partial charge in [0.25, 0.3) is 6.43 Å². The Morgan fingerprint density at radius 3 is 2.54 bits per heavy atom. The van der Waals surface area contributed by atoms with E-state index in [4.69, 9.17) is 0 Å². The molecule has 0 aliphatic rings. The summed E-state index contributed by atoms with van der Waals surface area (Å²) in [5.74, 6) is 0. The van der Waals surface area contributed by atoms with Crippen LogP contribution in [0.25, 0.3) is 0 Å². The number of hydrogen-bond donors (Lipinski definition) is 0. The molecule has 0 amide bonds. The van der Waals surface area contributed by atoms with Crippen LogP contribution in [0.3, 0.4) is 0 Å². The van der Waals surface area contributed by atoms with Gasteiger partial charge in [0.1, 0.15) is 9.39 Å². The summed E-state index contributed by atoms with van der Waals surface area (Å²) in [4.78, 5) is 14.1. The third-order valence-electron chi connectivity index (χ3n) is 1.33. The first-order chi connectivity index (χ1) is 6.06. The van der Waals surface area contributed by atoms with Gasteiger partial charge in [-0.1, -0.05) is 0 Å². The van der Waals surface area contributed by atoms with Crippen molar-refractivity contribution in [3.8, 4) is 0 Å². The lowest BCUT2D eigenvalue weighted by atomic mass is 10.2. The largest absolute Gasteiger partial charge is 0.298 e. The summed E-state index contributed by atoms with van der Waals surface area (Å²) in [6.07, 6.45) is -2.31. The predicted molar refractivity (Wildman–Crippen MR) is 60.0 cm³/mol. The van der Waals surface area contributed by atoms with Gasteiger partial charge in [0.15, 0.2) is 6.29 Å². The molecule has 0 radical (unpaired) electrons. The minimum Gasteiger partial charge on any atom is -0.298 e. The molecule has 0 atom stereocenters. The van der Waals surface area contributed by atoms with E-state index in [2.05, 4.69) is 4.98 Å². The lowest BCUT2D eigenvalue weighted by Crippen LogP contribution is -2.01. The number of aldehydes is 1. The molecule has 0 saturated heterocycles. The molecule has 0 N–H and O–H groups in total. The highest BCUT2D eigenvalue weighted by Gasteiger charge is 2.16. The number of halogens is 4. The van der Waals surface area contributed by atoms with E-state index < -0.39 is 12.1 Å². The van der Waals surface area contributed by atoms with Crippen molar-refractivity contribution in [1.82, 2.24) is 4.98 Å². The van der Waals surface area contributed by atoms with E-state index in [1.807, 2.05) is 45.2 Å². The van der Waals surface area contributed by atoms with E-state index in [1.54, 1.807) is 0 Å². The number of alkyl halides is 2. The molecule has 1 rings (SSSR count). The van der Waals surface area contributed by atoms with Gasteiger partial charge in [0, 0.05) is 9.13 Å². The van der Waals surface area contributed by atoms with Crippen molar-refractivity contribution in [3.63, 3.8) is 0 Å². The van der Waals surface area contributed by atoms with E-state index in [9.17, 15) is 13.6 Å². The Hall–Kier alpha value is 0.140. The summed E-state index contributed by atoms with van der Waals surface area (Å²) < 4.78 is 25.8. The minimum atomic E-state index is -2.70. The van der Waals surface area contributed by atoms with Gasteiger partial charge < -0.3 is 0 Å². The van der Waals surface area contributed by atoms with Crippen molar-refractivity contribution in [2.24, 2.45) is 0 Å². The second-order valence-electron chi connectivity index (χ2n) is 2.15. The first-order valence-electron chi connectivity index (χ1n) is 3.15. The highest BCUT2D eigenvalue weighted by Crippen LogP contribution is 2.23. The van der Waals surface area contributed by atoms with Gasteiger partial charge in [0.05, 0.1) is 0 Å². The smallest absolute Gasteiger partial charge is 0.281 e. The Kier molecular flexibility index (Phi) is 3.95. The van der Waals surface area contributed by atoms with Gasteiger partial charge in [-0.25, -0.2) is 13.8 Å². The zero-order chi connectivity index (χ0) is 10.0. The lowest BCUT2D eigenvalue weighted by molar-refractivity contribution is 0.110. The topological polar surface area (TPSA) is 30.0 Å². The SMILES string of the molecule is O=Cc1cc(I)c(I)nc1C(F)F. The highest BCUT2D eigenvalue weighted by molar-refractivity contribution is 14.1. The fourth-order valence-electron chi connectivity index (χ4n) is 0.763. The molecular formula is C7H3F2I2NO. The molecule has 0 saturated carbocycles. The second-order valence-corrected chi connectivity index (χ2v) is 4.34. The van der Waals surface area contributed by atoms with Crippen LogP contribution in [0.1, 0.15) is 22.5 Å². The quantitative estimate of drug-likeness (QED) is 0.427. The van der Waals surface area contributed by atoms with Gasteiger partial charge in [-0.15, -0.1) is 0 Å². The standard InChI is InChI=1S/C7H3F2I2NO/c8-6(9)5-3(2-13)1-4(10)7(11)12-5/h1-2,6H. The van der Waals surface area contributed by atoms with Gasteiger partial charge in [-0.2, -0.15) is 0 Å². The van der Waals surface area contributed by atoms with Crippen LogP contribution >= 0.6 is 45.2 Å². The average Bonchev–Trinajstić information content (AvgIpc) is 2.08. The number of carbonyl (C=O) groups is 1. The summed E-state index contributed by atoms with van der Waals surface area (Å²) in [5.41, 5.74) is -0.486. The molecular weight excluding hydrogens is 406 g/mol. The minimum absolute atomic E-state index is 0.0418. The molecule has 0 unspecified atom stereocenters. The Bertz CT molecular complexity index is 344. The summed E-state index contributed by atoms with van der Waals surface area (Å²) in [6, 6.07) is 1.41. The molecule has 0 fully saturated rings. The number of aromatic nitrogens is 1. The van der Waals surface area contributed by atoms with Crippen LogP contribution in [-0.2, 0) is 0 Å². The van der Waals surface area contributed by atoms with Crippen molar-refractivity contribution in [1.29, 1.82) is 0 Å². The molecule has 1 aromatic rings. The summed E-state index contributed by atoms with van der Waals surface area (Å²) in [6.45, 7) is 0. The van der Waals surface area contributed by atoms with Gasteiger partial charge in [-0.3, -0.25) is 4.79 Å². The number of carbonyl (C=O) groups excluding carboxylic acids is 1. The predicted octanol–water partition coefficient (Wildman–Crippen LogP) is 3.04. The van der Waals surface area contributed by atoms with Crippen LogP contribution in [0.4, 0.5) is 8.78 Å². The lowest BCUT2D eigenvalue weighted by Gasteiger charge is -2.04. The third kappa shape index (κ3) is 2.55. The van der Waals surface area contributed by atoms with E-state index in [1.165, 1.54) is 6.07 Å². The van der Waals surface area contributed by atoms with Gasteiger partial charge in [-0.05, 0) is 51.2 Å². The average molecular weight is 409 g/mol. The maximum Gasteiger partial charge on any atom is 0.281 e. The molecule has 6 heteroatoms. The van der Waals surface area contributed by atoms with E-state index in [0.29, 0.717) is 13.6 Å². The zero-order valence-corrected chi connectivity index (χ0v) is 10.4. The van der Waals surface area contributed by atoms with Crippen LogP contribution in [0.5, 0.6) is 0 Å². The molecule has 0 aliphatic heterocycles. The van der Waals surface area contributed by atoms with Crippen molar-refractivity contribution in [2.45, 2.75) is 6.43 Å². The number of pyridine rings is 1. The molecule has 70 valence electrons. The number of hydrogen-bond acceptors (Lipinski definition) is 2. The van der Waals surface area contributed by atoms with Crippen LogP contribution in [-0.4, -0.2) is 11.3 Å². The normalized spacial score (nSPS) is 10.5. The highest BCUT2D eigenvalue weighted by atomic mass is 127. The second kappa shape index (κ2) is 4.58. The first kappa shape index (κ1) is 11.2. The van der Waals surface area contributed by atoms with Crippen LogP contribution < -0.4 is 0 Å². The van der Waals surface area contributed by atoms with Crippen molar-refractivity contribution < 1.29 is 13.6 Å². The maximum absolute atomic E-state index is 12.3. The van der Waals surface area contributed by atoms with E-state index in [0.717, 1.165) is 0 Å². The Morgan fingerprint density at radius 1 is 1.46 bits per heavy atom. The number of rotatable bonds is 2. The fraction of sp³-hybridized carbons (Fsp3) is 0.143. The molecule has 0 bridgehead atoms. The summed E-state index contributed by atoms with van der Waals surface area (Å²) >= 11 is 3.79. The van der Waals surface area contributed by atoms with Crippen LogP contribution in [0.2, 0.25) is 0 Å². The fourth-order valence-corrected chi connectivity index (χ4v) is 1.63. The maximum atomic E-state index is 12.3. The molecule has 1 aromatic heterocycles. The van der Waals surface area contributed by atoms with Crippen LogP contribution in [0, 0.1) is 7.27 Å².